The summed E-state index contributed by atoms with van der Waals surface area (Å²) in [4.78, 5) is 14.5. The average Bonchev–Trinajstić information content (AvgIpc) is 2.98. The molecule has 4 nitrogen and oxygen atoms in total. The summed E-state index contributed by atoms with van der Waals surface area (Å²) in [5, 5.41) is 0. The van der Waals surface area contributed by atoms with Crippen LogP contribution in [0.4, 0.5) is 0 Å². The monoisotopic (exact) mass is 355 g/mol. The highest BCUT2D eigenvalue weighted by atomic mass is 16.5. The molecule has 0 N–H and O–H groups in total. The zero-order valence-corrected chi connectivity index (χ0v) is 16.5. The van der Waals surface area contributed by atoms with Gasteiger partial charge in [-0.1, -0.05) is 18.2 Å². The lowest BCUT2D eigenvalue weighted by Gasteiger charge is -2.41. The molecule has 0 amide bonds. The zero-order chi connectivity index (χ0) is 18.9. The Balaban J connectivity index is 1.90. The van der Waals surface area contributed by atoms with E-state index in [-0.39, 0.29) is 11.4 Å². The van der Waals surface area contributed by atoms with Crippen molar-refractivity contribution in [2.45, 2.75) is 51.5 Å². The molecule has 2 unspecified atom stereocenters. The Hall–Kier alpha value is -2.07. The smallest absolute Gasteiger partial charge is 0.338 e. The molecule has 140 valence electrons. The number of esters is 1. The number of ether oxygens (including phenoxy) is 2. The van der Waals surface area contributed by atoms with Gasteiger partial charge < -0.3 is 14.4 Å². The Morgan fingerprint density at radius 1 is 1.38 bits per heavy atom. The Bertz CT molecular complexity index is 765. The number of hydrogen-bond acceptors (Lipinski definition) is 4. The second-order valence-corrected chi connectivity index (χ2v) is 7.53. The van der Waals surface area contributed by atoms with E-state index in [0.29, 0.717) is 11.6 Å². The van der Waals surface area contributed by atoms with Crippen LogP contribution in [0.15, 0.2) is 41.7 Å². The average molecular weight is 355 g/mol. The molecule has 1 aliphatic carbocycles. The van der Waals surface area contributed by atoms with Gasteiger partial charge in [-0.05, 0) is 70.5 Å². The Kier molecular flexibility index (Phi) is 5.24. The van der Waals surface area contributed by atoms with Crippen LogP contribution in [0, 0.1) is 6.92 Å². The van der Waals surface area contributed by atoms with Gasteiger partial charge in [-0.25, -0.2) is 4.79 Å². The summed E-state index contributed by atoms with van der Waals surface area (Å²) in [7, 11) is 3.88. The predicted molar refractivity (Wildman–Crippen MR) is 103 cm³/mol. The maximum Gasteiger partial charge on any atom is 0.338 e. The molecule has 3 rings (SSSR count). The van der Waals surface area contributed by atoms with E-state index in [2.05, 4.69) is 43.1 Å². The number of carbonyl (C=O) groups excluding carboxylic acids is 1. The Morgan fingerprint density at radius 2 is 2.15 bits per heavy atom. The van der Waals surface area contributed by atoms with Crippen molar-refractivity contribution in [3.8, 4) is 5.75 Å². The van der Waals surface area contributed by atoms with Crippen LogP contribution in [0.25, 0.3) is 0 Å². The predicted octanol–water partition coefficient (Wildman–Crippen LogP) is 4.13. The van der Waals surface area contributed by atoms with Gasteiger partial charge in [0.05, 0.1) is 7.11 Å². The summed E-state index contributed by atoms with van der Waals surface area (Å²) in [6.45, 7) is 6.79. The van der Waals surface area contributed by atoms with Crippen molar-refractivity contribution in [2.75, 3.05) is 20.7 Å². The van der Waals surface area contributed by atoms with Crippen LogP contribution in [-0.2, 0) is 14.9 Å². The van der Waals surface area contributed by atoms with Gasteiger partial charge in [0, 0.05) is 23.5 Å². The third-order valence-electron chi connectivity index (χ3n) is 6.12. The molecule has 1 aliphatic heterocycles. The van der Waals surface area contributed by atoms with E-state index < -0.39 is 0 Å². The molecule has 1 heterocycles. The molecule has 0 saturated carbocycles. The van der Waals surface area contributed by atoms with Crippen LogP contribution < -0.4 is 4.74 Å². The first-order chi connectivity index (χ1) is 12.4. The lowest BCUT2D eigenvalue weighted by atomic mass is 9.68. The van der Waals surface area contributed by atoms with Gasteiger partial charge in [0.2, 0.25) is 0 Å². The molecule has 2 aliphatic rings. The van der Waals surface area contributed by atoms with Crippen molar-refractivity contribution in [3.05, 3.63) is 52.8 Å². The van der Waals surface area contributed by atoms with E-state index in [1.165, 1.54) is 5.56 Å². The van der Waals surface area contributed by atoms with E-state index in [1.807, 2.05) is 6.92 Å². The SMILES string of the molecule is C/C=C(\C)C(=O)OC1=CCC2(c3ccc(OC)c(C)c3)CCN(C)C2C1. The van der Waals surface area contributed by atoms with Gasteiger partial charge in [-0.15, -0.1) is 0 Å². The highest BCUT2D eigenvalue weighted by molar-refractivity contribution is 5.88. The molecule has 26 heavy (non-hydrogen) atoms. The fourth-order valence-corrected chi connectivity index (χ4v) is 4.32. The van der Waals surface area contributed by atoms with Crippen LogP contribution in [0.3, 0.4) is 0 Å². The molecular formula is C22H29NO3. The number of carbonyl (C=O) groups is 1. The summed E-state index contributed by atoms with van der Waals surface area (Å²) in [6, 6.07) is 6.88. The number of methoxy groups -OCH3 is 1. The number of allylic oxidation sites excluding steroid dienone is 2. The van der Waals surface area contributed by atoms with E-state index in [4.69, 9.17) is 9.47 Å². The Morgan fingerprint density at radius 3 is 2.81 bits per heavy atom. The fourth-order valence-electron chi connectivity index (χ4n) is 4.32. The molecule has 1 fully saturated rings. The quantitative estimate of drug-likeness (QED) is 0.601. The number of nitrogens with zero attached hydrogens (tertiary/aromatic N) is 1. The van der Waals surface area contributed by atoms with Gasteiger partial charge in [0.25, 0.3) is 0 Å². The van der Waals surface area contributed by atoms with E-state index in [0.717, 1.165) is 42.9 Å². The van der Waals surface area contributed by atoms with E-state index >= 15 is 0 Å². The first kappa shape index (κ1) is 18.7. The highest BCUT2D eigenvalue weighted by Gasteiger charge is 2.49. The number of benzene rings is 1. The summed E-state index contributed by atoms with van der Waals surface area (Å²) in [6.07, 6.45) is 6.69. The molecule has 4 heteroatoms. The van der Waals surface area contributed by atoms with Crippen molar-refractivity contribution in [1.82, 2.24) is 4.90 Å². The molecule has 0 radical (unpaired) electrons. The number of rotatable bonds is 4. The minimum Gasteiger partial charge on any atom is -0.496 e. The lowest BCUT2D eigenvalue weighted by Crippen LogP contribution is -2.43. The molecule has 1 aromatic carbocycles. The summed E-state index contributed by atoms with van der Waals surface area (Å²) in [5.74, 6) is 1.49. The van der Waals surface area contributed by atoms with Crippen molar-refractivity contribution >= 4 is 5.97 Å². The van der Waals surface area contributed by atoms with Crippen molar-refractivity contribution in [2.24, 2.45) is 0 Å². The van der Waals surface area contributed by atoms with Gasteiger partial charge >= 0.3 is 5.97 Å². The van der Waals surface area contributed by atoms with E-state index in [9.17, 15) is 4.79 Å². The number of likely N-dealkylation sites (tertiary alicyclic amines) is 1. The van der Waals surface area contributed by atoms with Crippen molar-refractivity contribution in [1.29, 1.82) is 0 Å². The number of hydrogen-bond donors (Lipinski definition) is 0. The minimum atomic E-state index is -0.243. The molecule has 0 spiro atoms. The van der Waals surface area contributed by atoms with Crippen LogP contribution in [0.5, 0.6) is 5.75 Å². The fraction of sp³-hybridized carbons (Fsp3) is 0.500. The van der Waals surface area contributed by atoms with Gasteiger partial charge in [-0.3, -0.25) is 0 Å². The molecule has 2 atom stereocenters. The standard InChI is InChI=1S/C22H29NO3/c1-6-15(2)21(24)26-18-9-10-22(11-12-23(4)20(22)14-18)17-7-8-19(25-5)16(3)13-17/h6-9,13,20H,10-12,14H2,1-5H3/b15-6+. The lowest BCUT2D eigenvalue weighted by molar-refractivity contribution is -0.135. The van der Waals surface area contributed by atoms with Gasteiger partial charge in [0.15, 0.2) is 0 Å². The summed E-state index contributed by atoms with van der Waals surface area (Å²) >= 11 is 0. The van der Waals surface area contributed by atoms with Crippen LogP contribution in [0.1, 0.15) is 44.2 Å². The van der Waals surface area contributed by atoms with Gasteiger partial charge in [0.1, 0.15) is 11.5 Å². The third kappa shape index (κ3) is 3.18. The molecule has 1 saturated heterocycles. The molecule has 1 aromatic rings. The maximum absolute atomic E-state index is 12.1. The van der Waals surface area contributed by atoms with Crippen LogP contribution >= 0.6 is 0 Å². The third-order valence-corrected chi connectivity index (χ3v) is 6.12. The summed E-state index contributed by atoms with van der Waals surface area (Å²) < 4.78 is 11.1. The second kappa shape index (κ2) is 7.28. The first-order valence-electron chi connectivity index (χ1n) is 9.30. The van der Waals surface area contributed by atoms with E-state index in [1.54, 1.807) is 20.1 Å². The second-order valence-electron chi connectivity index (χ2n) is 7.53. The van der Waals surface area contributed by atoms with Crippen molar-refractivity contribution < 1.29 is 14.3 Å². The number of aryl methyl sites for hydroxylation is 1. The van der Waals surface area contributed by atoms with Gasteiger partial charge in [-0.2, -0.15) is 0 Å². The number of likely N-dealkylation sites (N-methyl/N-ethyl adjacent to an activating group) is 1. The van der Waals surface area contributed by atoms with Crippen molar-refractivity contribution in [3.63, 3.8) is 0 Å². The zero-order valence-electron chi connectivity index (χ0n) is 16.5. The molecular weight excluding hydrogens is 326 g/mol. The molecule has 0 aromatic heterocycles. The van der Waals surface area contributed by atoms with Crippen LogP contribution in [0.2, 0.25) is 0 Å². The largest absolute Gasteiger partial charge is 0.496 e. The summed E-state index contributed by atoms with van der Waals surface area (Å²) in [5.41, 5.74) is 3.25. The van der Waals surface area contributed by atoms with Crippen LogP contribution in [-0.4, -0.2) is 37.6 Å². The Labute approximate surface area is 156 Å². The topological polar surface area (TPSA) is 38.8 Å². The maximum atomic E-state index is 12.1. The highest BCUT2D eigenvalue weighted by Crippen LogP contribution is 2.48. The number of fused-ring (bicyclic) bond motifs is 1. The molecule has 0 bridgehead atoms. The minimum absolute atomic E-state index is 0.0807. The normalized spacial score (nSPS) is 26.3. The first-order valence-corrected chi connectivity index (χ1v) is 9.30.